The second kappa shape index (κ2) is 17.3. The van der Waals surface area contributed by atoms with E-state index < -0.39 is 6.04 Å². The van der Waals surface area contributed by atoms with Crippen molar-refractivity contribution >= 4 is 30.6 Å². The van der Waals surface area contributed by atoms with E-state index in [1.807, 2.05) is 43.0 Å². The van der Waals surface area contributed by atoms with Gasteiger partial charge in [0.25, 0.3) is 12.4 Å². The van der Waals surface area contributed by atoms with E-state index >= 15 is 0 Å². The van der Waals surface area contributed by atoms with Crippen LogP contribution in [0, 0.1) is 0 Å². The van der Waals surface area contributed by atoms with E-state index in [9.17, 15) is 19.2 Å². The number of hydrogen-bond acceptors (Lipinski definition) is 6. The zero-order valence-electron chi connectivity index (χ0n) is 23.9. The minimum absolute atomic E-state index is 0.00306. The minimum Gasteiger partial charge on any atom is -0.483 e. The van der Waals surface area contributed by atoms with Gasteiger partial charge in [-0.15, -0.1) is 0 Å². The Morgan fingerprint density at radius 2 is 1.80 bits per heavy atom. The lowest BCUT2D eigenvalue weighted by Crippen LogP contribution is -2.45. The van der Waals surface area contributed by atoms with Crippen LogP contribution in [0.2, 0.25) is 0 Å². The van der Waals surface area contributed by atoms with Crippen molar-refractivity contribution in [3.05, 3.63) is 35.4 Å². The summed E-state index contributed by atoms with van der Waals surface area (Å²) in [5.74, 6) is -0.113. The molecule has 11 nitrogen and oxygen atoms in total. The summed E-state index contributed by atoms with van der Waals surface area (Å²) in [5, 5.41) is 15.8. The monoisotopic (exact) mass is 559 g/mol. The Morgan fingerprint density at radius 3 is 2.45 bits per heavy atom. The van der Waals surface area contributed by atoms with Crippen LogP contribution in [-0.2, 0) is 25.7 Å². The average molecular weight is 560 g/mol. The first-order chi connectivity index (χ1) is 19.2. The van der Waals surface area contributed by atoms with Crippen molar-refractivity contribution in [2.24, 2.45) is 0 Å². The Bertz CT molecular complexity index is 983. The molecule has 0 bridgehead atoms. The number of benzene rings is 1. The van der Waals surface area contributed by atoms with Gasteiger partial charge in [-0.2, -0.15) is 0 Å². The Labute approximate surface area is 237 Å². The molecular formula is C29H45N5O6. The summed E-state index contributed by atoms with van der Waals surface area (Å²) >= 11 is 0. The normalized spacial score (nSPS) is 19.7. The van der Waals surface area contributed by atoms with Gasteiger partial charge in [0.2, 0.25) is 18.2 Å². The molecule has 0 aromatic heterocycles. The number of nitrogens with one attached hydrogen (secondary N) is 3. The topological polar surface area (TPSA) is 148 Å². The van der Waals surface area contributed by atoms with Crippen LogP contribution in [0.3, 0.4) is 0 Å². The van der Waals surface area contributed by atoms with E-state index in [1.54, 1.807) is 11.9 Å². The molecule has 40 heavy (non-hydrogen) atoms. The van der Waals surface area contributed by atoms with Gasteiger partial charge in [-0.05, 0) is 77.1 Å². The van der Waals surface area contributed by atoms with Crippen LogP contribution in [0.5, 0.6) is 0 Å². The molecule has 11 heteroatoms. The van der Waals surface area contributed by atoms with Gasteiger partial charge in [-0.3, -0.25) is 24.0 Å². The van der Waals surface area contributed by atoms with E-state index in [0.29, 0.717) is 18.5 Å². The van der Waals surface area contributed by atoms with Crippen LogP contribution in [-0.4, -0.2) is 89.8 Å². The fourth-order valence-electron chi connectivity index (χ4n) is 5.25. The van der Waals surface area contributed by atoms with Gasteiger partial charge in [0.15, 0.2) is 0 Å². The van der Waals surface area contributed by atoms with E-state index in [1.165, 1.54) is 0 Å². The smallest absolute Gasteiger partial charge is 0.290 e. The van der Waals surface area contributed by atoms with Crippen LogP contribution >= 0.6 is 0 Å². The highest BCUT2D eigenvalue weighted by atomic mass is 16.3. The molecule has 4 atom stereocenters. The molecule has 0 aliphatic carbocycles. The molecule has 4 unspecified atom stereocenters. The third-order valence-electron chi connectivity index (χ3n) is 7.65. The van der Waals surface area contributed by atoms with Gasteiger partial charge < -0.3 is 30.9 Å². The number of carboxylic acid groups (broad SMARTS) is 1. The molecule has 3 rings (SSSR count). The van der Waals surface area contributed by atoms with Crippen molar-refractivity contribution in [2.45, 2.75) is 95.9 Å². The number of hydrogen-bond donors (Lipinski definition) is 4. The number of unbranched alkanes of at least 4 members (excludes halogenated alkanes) is 1. The second-order valence-corrected chi connectivity index (χ2v) is 10.5. The molecule has 2 heterocycles. The van der Waals surface area contributed by atoms with E-state index in [4.69, 9.17) is 9.90 Å². The predicted octanol–water partition coefficient (Wildman–Crippen LogP) is 1.90. The molecule has 0 spiro atoms. The predicted molar refractivity (Wildman–Crippen MR) is 151 cm³/mol. The van der Waals surface area contributed by atoms with Crippen molar-refractivity contribution in [1.29, 1.82) is 0 Å². The van der Waals surface area contributed by atoms with Gasteiger partial charge in [0.05, 0.1) is 6.04 Å². The van der Waals surface area contributed by atoms with Crippen molar-refractivity contribution in [1.82, 2.24) is 25.8 Å². The minimum atomic E-state index is -0.460. The van der Waals surface area contributed by atoms with Crippen molar-refractivity contribution in [3.8, 4) is 0 Å². The maximum atomic E-state index is 12.9. The largest absolute Gasteiger partial charge is 0.483 e. The number of rotatable bonds is 13. The number of likely N-dealkylation sites (tertiary alicyclic amines) is 2. The lowest BCUT2D eigenvalue weighted by molar-refractivity contribution is -0.132. The third-order valence-corrected chi connectivity index (χ3v) is 7.65. The van der Waals surface area contributed by atoms with Gasteiger partial charge in [-0.25, -0.2) is 0 Å². The number of nitrogens with zero attached hydrogens (tertiary/aromatic N) is 2. The van der Waals surface area contributed by atoms with E-state index in [-0.39, 0.29) is 42.3 Å². The van der Waals surface area contributed by atoms with E-state index in [0.717, 1.165) is 70.0 Å². The Balaban J connectivity index is 0.00000178. The Hall–Kier alpha value is -3.47. The molecule has 4 N–H and O–H groups in total. The standard InChI is InChI=1S/C28H43N5O4.CH2O2/c1-20(31-26(35)21(2)29-3)9-4-5-12-24-13-14-25(33(24)19-34)27(36)30-18-22-10-8-11-23(17-22)28(37)32-15-6-7-16-32;2-1-3/h8,10-11,17,19-21,24-25,29H,4-7,9,12-16,18H2,1-3H3,(H,30,36)(H,31,35);1H,(H,2,3). The molecule has 2 fully saturated rings. The molecule has 2 saturated heterocycles. The Kier molecular flexibility index (Phi) is 14.1. The number of carbonyl (C=O) groups excluding carboxylic acids is 4. The van der Waals surface area contributed by atoms with Gasteiger partial charge in [0.1, 0.15) is 6.04 Å². The quantitative estimate of drug-likeness (QED) is 0.213. The fourth-order valence-corrected chi connectivity index (χ4v) is 5.25. The third kappa shape index (κ3) is 9.93. The second-order valence-electron chi connectivity index (χ2n) is 10.5. The SMILES string of the molecule is CNC(C)C(=O)NC(C)CCCCC1CCC(C(=O)NCc2cccc(C(=O)N3CCCC3)c2)N1C=O.O=CO. The number of likely N-dealkylation sites (N-methyl/N-ethyl adjacent to an activating group) is 1. The summed E-state index contributed by atoms with van der Waals surface area (Å²) in [6.07, 6.45) is 7.95. The lowest BCUT2D eigenvalue weighted by atomic mass is 10.0. The summed E-state index contributed by atoms with van der Waals surface area (Å²) in [6.45, 7) is 5.51. The summed E-state index contributed by atoms with van der Waals surface area (Å²) in [6, 6.07) is 6.89. The van der Waals surface area contributed by atoms with Gasteiger partial charge >= 0.3 is 0 Å². The highest BCUT2D eigenvalue weighted by molar-refractivity contribution is 5.94. The molecule has 1 aromatic carbocycles. The summed E-state index contributed by atoms with van der Waals surface area (Å²) < 4.78 is 0. The molecule has 0 radical (unpaired) electrons. The van der Waals surface area contributed by atoms with Gasteiger partial charge in [-0.1, -0.05) is 25.0 Å². The van der Waals surface area contributed by atoms with Crippen molar-refractivity contribution in [3.63, 3.8) is 0 Å². The molecule has 1 aromatic rings. The molecule has 0 saturated carbocycles. The number of carbonyl (C=O) groups is 5. The summed E-state index contributed by atoms with van der Waals surface area (Å²) in [5.41, 5.74) is 1.52. The lowest BCUT2D eigenvalue weighted by Gasteiger charge is -2.26. The van der Waals surface area contributed by atoms with Crippen molar-refractivity contribution < 1.29 is 29.1 Å². The van der Waals surface area contributed by atoms with Crippen LogP contribution < -0.4 is 16.0 Å². The first kappa shape index (κ1) is 32.7. The first-order valence-corrected chi connectivity index (χ1v) is 14.2. The van der Waals surface area contributed by atoms with Crippen molar-refractivity contribution in [2.75, 3.05) is 20.1 Å². The zero-order valence-corrected chi connectivity index (χ0v) is 23.9. The van der Waals surface area contributed by atoms with Crippen LogP contribution in [0.4, 0.5) is 0 Å². The molecule has 2 aliphatic heterocycles. The maximum Gasteiger partial charge on any atom is 0.290 e. The summed E-state index contributed by atoms with van der Waals surface area (Å²) in [7, 11) is 1.76. The first-order valence-electron chi connectivity index (χ1n) is 14.2. The van der Waals surface area contributed by atoms with Crippen LogP contribution in [0.25, 0.3) is 0 Å². The van der Waals surface area contributed by atoms with Gasteiger partial charge in [0, 0.05) is 37.3 Å². The number of amides is 4. The summed E-state index contributed by atoms with van der Waals surface area (Å²) in [4.78, 5) is 61.3. The van der Waals surface area contributed by atoms with Crippen LogP contribution in [0.15, 0.2) is 24.3 Å². The molecule has 222 valence electrons. The highest BCUT2D eigenvalue weighted by Gasteiger charge is 2.36. The van der Waals surface area contributed by atoms with Crippen LogP contribution in [0.1, 0.15) is 81.1 Å². The zero-order chi connectivity index (χ0) is 29.5. The Morgan fingerprint density at radius 1 is 1.10 bits per heavy atom. The fraction of sp³-hybridized carbons (Fsp3) is 0.621. The highest BCUT2D eigenvalue weighted by Crippen LogP contribution is 2.27. The molecule has 4 amide bonds. The average Bonchev–Trinajstić information content (AvgIpc) is 3.64. The maximum absolute atomic E-state index is 12.9. The molecule has 2 aliphatic rings. The molecular weight excluding hydrogens is 514 g/mol. The van der Waals surface area contributed by atoms with E-state index in [2.05, 4.69) is 16.0 Å².